The minimum atomic E-state index is -0.357. The number of carbonyl (C=O) groups excluding carboxylic acids is 1. The lowest BCUT2D eigenvalue weighted by Crippen LogP contribution is -2.15. The molecule has 0 saturated carbocycles. The third-order valence-electron chi connectivity index (χ3n) is 2.96. The molecule has 1 N–H and O–H groups in total. The largest absolute Gasteiger partial charge is 0.326 e. The maximum atomic E-state index is 13.0. The lowest BCUT2D eigenvalue weighted by Gasteiger charge is -2.08. The zero-order valence-electron chi connectivity index (χ0n) is 11.0. The van der Waals surface area contributed by atoms with E-state index in [9.17, 15) is 9.18 Å². The standard InChI is InChI=1S/C16H16FNO/c1-11-6-7-13(12(2)8-11)9-16(19)18-15-5-3-4-14(17)10-15/h3-8,10H,9H2,1-2H3,(H,18,19). The Bertz CT molecular complexity index is 607. The summed E-state index contributed by atoms with van der Waals surface area (Å²) in [5, 5.41) is 2.69. The fraction of sp³-hybridized carbons (Fsp3) is 0.188. The van der Waals surface area contributed by atoms with E-state index in [-0.39, 0.29) is 11.7 Å². The van der Waals surface area contributed by atoms with E-state index in [4.69, 9.17) is 0 Å². The second kappa shape index (κ2) is 5.65. The van der Waals surface area contributed by atoms with Gasteiger partial charge in [0.05, 0.1) is 6.42 Å². The Morgan fingerprint density at radius 1 is 1.16 bits per heavy atom. The van der Waals surface area contributed by atoms with Crippen LogP contribution in [0.1, 0.15) is 16.7 Å². The van der Waals surface area contributed by atoms with Gasteiger partial charge in [0.2, 0.25) is 5.91 Å². The fourth-order valence-electron chi connectivity index (χ4n) is 1.99. The number of aryl methyl sites for hydroxylation is 2. The van der Waals surface area contributed by atoms with Gasteiger partial charge >= 0.3 is 0 Å². The minimum absolute atomic E-state index is 0.141. The average molecular weight is 257 g/mol. The Morgan fingerprint density at radius 2 is 1.95 bits per heavy atom. The highest BCUT2D eigenvalue weighted by atomic mass is 19.1. The van der Waals surface area contributed by atoms with Crippen molar-refractivity contribution >= 4 is 11.6 Å². The molecule has 0 bridgehead atoms. The average Bonchev–Trinajstić information content (AvgIpc) is 2.33. The van der Waals surface area contributed by atoms with Gasteiger partial charge in [-0.3, -0.25) is 4.79 Å². The molecule has 0 aliphatic heterocycles. The molecule has 1 amide bonds. The summed E-state index contributed by atoms with van der Waals surface area (Å²) in [6, 6.07) is 11.9. The maximum absolute atomic E-state index is 13.0. The minimum Gasteiger partial charge on any atom is -0.326 e. The molecule has 2 aromatic carbocycles. The number of hydrogen-bond acceptors (Lipinski definition) is 1. The van der Waals surface area contributed by atoms with Crippen LogP contribution in [-0.2, 0) is 11.2 Å². The fourth-order valence-corrected chi connectivity index (χ4v) is 1.99. The van der Waals surface area contributed by atoms with Crippen LogP contribution < -0.4 is 5.32 Å². The van der Waals surface area contributed by atoms with Gasteiger partial charge < -0.3 is 5.32 Å². The number of amides is 1. The molecule has 0 atom stereocenters. The maximum Gasteiger partial charge on any atom is 0.228 e. The van der Waals surface area contributed by atoms with Gasteiger partial charge in [0.1, 0.15) is 5.82 Å². The molecular formula is C16H16FNO. The predicted molar refractivity (Wildman–Crippen MR) is 74.6 cm³/mol. The molecule has 0 spiro atoms. The molecule has 0 aliphatic carbocycles. The summed E-state index contributed by atoms with van der Waals surface area (Å²) < 4.78 is 13.0. The van der Waals surface area contributed by atoms with Crippen molar-refractivity contribution in [1.82, 2.24) is 0 Å². The normalized spacial score (nSPS) is 10.3. The van der Waals surface area contributed by atoms with E-state index in [1.54, 1.807) is 12.1 Å². The zero-order chi connectivity index (χ0) is 13.8. The van der Waals surface area contributed by atoms with Gasteiger partial charge in [-0.2, -0.15) is 0 Å². The van der Waals surface area contributed by atoms with Crippen LogP contribution >= 0.6 is 0 Å². The summed E-state index contributed by atoms with van der Waals surface area (Å²) in [5.74, 6) is -0.498. The summed E-state index contributed by atoms with van der Waals surface area (Å²) in [6.45, 7) is 4.00. The van der Waals surface area contributed by atoms with Gasteiger partial charge in [0.25, 0.3) is 0 Å². The monoisotopic (exact) mass is 257 g/mol. The summed E-state index contributed by atoms with van der Waals surface area (Å²) in [4.78, 5) is 11.9. The highest BCUT2D eigenvalue weighted by Gasteiger charge is 2.07. The molecular weight excluding hydrogens is 241 g/mol. The van der Waals surface area contributed by atoms with E-state index >= 15 is 0 Å². The molecule has 0 saturated heterocycles. The lowest BCUT2D eigenvalue weighted by molar-refractivity contribution is -0.115. The van der Waals surface area contributed by atoms with E-state index in [0.717, 1.165) is 11.1 Å². The highest BCUT2D eigenvalue weighted by molar-refractivity contribution is 5.92. The highest BCUT2D eigenvalue weighted by Crippen LogP contribution is 2.13. The van der Waals surface area contributed by atoms with Crippen LogP contribution in [0.5, 0.6) is 0 Å². The third kappa shape index (κ3) is 3.65. The quantitative estimate of drug-likeness (QED) is 0.894. The van der Waals surface area contributed by atoms with Crippen molar-refractivity contribution in [3.8, 4) is 0 Å². The molecule has 0 unspecified atom stereocenters. The number of benzene rings is 2. The van der Waals surface area contributed by atoms with E-state index in [1.807, 2.05) is 32.0 Å². The van der Waals surface area contributed by atoms with Crippen molar-refractivity contribution in [3.63, 3.8) is 0 Å². The van der Waals surface area contributed by atoms with Crippen LogP contribution in [0.3, 0.4) is 0 Å². The van der Waals surface area contributed by atoms with Gasteiger partial charge in [-0.15, -0.1) is 0 Å². The van der Waals surface area contributed by atoms with E-state index in [1.165, 1.54) is 17.7 Å². The van der Waals surface area contributed by atoms with Crippen molar-refractivity contribution in [2.24, 2.45) is 0 Å². The predicted octanol–water partition coefficient (Wildman–Crippen LogP) is 3.62. The number of hydrogen-bond donors (Lipinski definition) is 1. The van der Waals surface area contributed by atoms with Crippen LogP contribution in [0.25, 0.3) is 0 Å². The Morgan fingerprint density at radius 3 is 2.63 bits per heavy atom. The Balaban J connectivity index is 2.05. The molecule has 2 nitrogen and oxygen atoms in total. The molecule has 3 heteroatoms. The first-order valence-electron chi connectivity index (χ1n) is 6.16. The van der Waals surface area contributed by atoms with Gasteiger partial charge in [-0.25, -0.2) is 4.39 Å². The second-order valence-corrected chi connectivity index (χ2v) is 4.67. The van der Waals surface area contributed by atoms with E-state index in [0.29, 0.717) is 12.1 Å². The first-order chi connectivity index (χ1) is 9.04. The van der Waals surface area contributed by atoms with Gasteiger partial charge in [-0.05, 0) is 43.2 Å². The van der Waals surface area contributed by atoms with E-state index in [2.05, 4.69) is 5.32 Å². The van der Waals surface area contributed by atoms with Crippen molar-refractivity contribution in [3.05, 3.63) is 65.0 Å². The van der Waals surface area contributed by atoms with Crippen LogP contribution in [0, 0.1) is 19.7 Å². The molecule has 98 valence electrons. The van der Waals surface area contributed by atoms with Crippen LogP contribution in [0.4, 0.5) is 10.1 Å². The molecule has 0 fully saturated rings. The van der Waals surface area contributed by atoms with Crippen molar-refractivity contribution in [1.29, 1.82) is 0 Å². The summed E-state index contributed by atoms with van der Waals surface area (Å²) in [5.41, 5.74) is 3.73. The molecule has 2 rings (SSSR count). The van der Waals surface area contributed by atoms with E-state index < -0.39 is 0 Å². The number of nitrogens with one attached hydrogen (secondary N) is 1. The molecule has 0 heterocycles. The topological polar surface area (TPSA) is 29.1 Å². The first kappa shape index (κ1) is 13.3. The molecule has 19 heavy (non-hydrogen) atoms. The first-order valence-corrected chi connectivity index (χ1v) is 6.16. The number of carbonyl (C=O) groups is 1. The summed E-state index contributed by atoms with van der Waals surface area (Å²) in [7, 11) is 0. The van der Waals surface area contributed by atoms with Crippen molar-refractivity contribution in [2.45, 2.75) is 20.3 Å². The molecule has 0 aliphatic rings. The van der Waals surface area contributed by atoms with Gasteiger partial charge in [0, 0.05) is 5.69 Å². The van der Waals surface area contributed by atoms with Crippen molar-refractivity contribution < 1.29 is 9.18 Å². The summed E-state index contributed by atoms with van der Waals surface area (Å²) >= 11 is 0. The van der Waals surface area contributed by atoms with Gasteiger partial charge in [-0.1, -0.05) is 29.8 Å². The lowest BCUT2D eigenvalue weighted by atomic mass is 10.0. The second-order valence-electron chi connectivity index (χ2n) is 4.67. The number of rotatable bonds is 3. The van der Waals surface area contributed by atoms with Gasteiger partial charge in [0.15, 0.2) is 0 Å². The summed E-state index contributed by atoms with van der Waals surface area (Å²) in [6.07, 6.45) is 0.294. The Labute approximate surface area is 112 Å². The number of anilines is 1. The third-order valence-corrected chi connectivity index (χ3v) is 2.96. The van der Waals surface area contributed by atoms with Crippen LogP contribution in [0.2, 0.25) is 0 Å². The smallest absolute Gasteiger partial charge is 0.228 e. The Hall–Kier alpha value is -2.16. The Kier molecular flexibility index (Phi) is 3.95. The molecule has 0 radical (unpaired) electrons. The van der Waals surface area contributed by atoms with Crippen LogP contribution in [0.15, 0.2) is 42.5 Å². The van der Waals surface area contributed by atoms with Crippen molar-refractivity contribution in [2.75, 3.05) is 5.32 Å². The van der Waals surface area contributed by atoms with Crippen LogP contribution in [-0.4, -0.2) is 5.91 Å². The number of halogens is 1. The zero-order valence-corrected chi connectivity index (χ0v) is 11.0. The molecule has 0 aromatic heterocycles. The molecule has 2 aromatic rings. The SMILES string of the molecule is Cc1ccc(CC(=O)Nc2cccc(F)c2)c(C)c1.